The molecule has 4 nitrogen and oxygen atoms in total. The van der Waals surface area contributed by atoms with Crippen LogP contribution < -0.4 is 15.8 Å². The number of unbranched alkanes of at least 4 members (excludes halogenated alkanes) is 1. The number of ether oxygens (including phenoxy) is 1. The predicted octanol–water partition coefficient (Wildman–Crippen LogP) is 2.07. The Hall–Kier alpha value is -1.55. The summed E-state index contributed by atoms with van der Waals surface area (Å²) in [7, 11) is 1.62. The van der Waals surface area contributed by atoms with Gasteiger partial charge in [-0.1, -0.05) is 0 Å². The summed E-state index contributed by atoms with van der Waals surface area (Å²) in [5, 5.41) is 2.89. The first-order chi connectivity index (χ1) is 8.17. The Morgan fingerprint density at radius 1 is 1.41 bits per heavy atom. The Balaban J connectivity index is 2.53. The number of rotatable bonds is 6. The highest BCUT2D eigenvalue weighted by atomic mass is 16.5. The lowest BCUT2D eigenvalue weighted by molar-refractivity contribution is -0.116. The fraction of sp³-hybridized carbons (Fsp3) is 0.462. The average molecular weight is 236 g/mol. The second-order valence-electron chi connectivity index (χ2n) is 3.97. The molecule has 0 heterocycles. The van der Waals surface area contributed by atoms with E-state index in [2.05, 4.69) is 5.32 Å². The van der Waals surface area contributed by atoms with E-state index in [0.717, 1.165) is 29.8 Å². The molecule has 0 aromatic heterocycles. The van der Waals surface area contributed by atoms with E-state index in [9.17, 15) is 4.79 Å². The van der Waals surface area contributed by atoms with Crippen LogP contribution in [0.3, 0.4) is 0 Å². The quantitative estimate of drug-likeness (QED) is 0.743. The van der Waals surface area contributed by atoms with Gasteiger partial charge in [-0.2, -0.15) is 0 Å². The summed E-state index contributed by atoms with van der Waals surface area (Å²) in [6.07, 6.45) is 2.23. The molecule has 0 saturated heterocycles. The Labute approximate surface area is 102 Å². The molecule has 0 fully saturated rings. The summed E-state index contributed by atoms with van der Waals surface area (Å²) in [6, 6.07) is 5.59. The van der Waals surface area contributed by atoms with Crippen molar-refractivity contribution >= 4 is 11.6 Å². The zero-order valence-electron chi connectivity index (χ0n) is 10.5. The Kier molecular flexibility index (Phi) is 5.49. The zero-order valence-corrected chi connectivity index (χ0v) is 10.5. The largest absolute Gasteiger partial charge is 0.497 e. The lowest BCUT2D eigenvalue weighted by Gasteiger charge is -2.09. The summed E-state index contributed by atoms with van der Waals surface area (Å²) in [6.45, 7) is 2.58. The van der Waals surface area contributed by atoms with Crippen LogP contribution in [0.25, 0.3) is 0 Å². The van der Waals surface area contributed by atoms with Crippen LogP contribution in [-0.4, -0.2) is 19.6 Å². The second kappa shape index (κ2) is 6.91. The van der Waals surface area contributed by atoms with Gasteiger partial charge in [-0.05, 0) is 50.1 Å². The molecular formula is C13H20N2O2. The molecule has 1 aromatic carbocycles. The van der Waals surface area contributed by atoms with Gasteiger partial charge < -0.3 is 15.8 Å². The lowest BCUT2D eigenvalue weighted by Crippen LogP contribution is -2.12. The standard InChI is InChI=1S/C13H20N2O2/c1-10-9-11(17-2)6-7-12(10)15-13(16)5-3-4-8-14/h6-7,9H,3-5,8,14H2,1-2H3,(H,15,16). The number of benzene rings is 1. The van der Waals surface area contributed by atoms with E-state index >= 15 is 0 Å². The molecule has 0 spiro atoms. The normalized spacial score (nSPS) is 10.1. The molecule has 0 aliphatic carbocycles. The van der Waals surface area contributed by atoms with Gasteiger partial charge in [0.2, 0.25) is 5.91 Å². The number of carbonyl (C=O) groups excluding carboxylic acids is 1. The topological polar surface area (TPSA) is 64.3 Å². The van der Waals surface area contributed by atoms with E-state index < -0.39 is 0 Å². The van der Waals surface area contributed by atoms with Crippen molar-refractivity contribution < 1.29 is 9.53 Å². The molecule has 0 atom stereocenters. The number of anilines is 1. The van der Waals surface area contributed by atoms with E-state index in [4.69, 9.17) is 10.5 Å². The van der Waals surface area contributed by atoms with Crippen molar-refractivity contribution in [2.24, 2.45) is 5.73 Å². The molecule has 0 aliphatic rings. The molecule has 1 aromatic rings. The van der Waals surface area contributed by atoms with Crippen LogP contribution in [-0.2, 0) is 4.79 Å². The first-order valence-electron chi connectivity index (χ1n) is 5.82. The summed E-state index contributed by atoms with van der Waals surface area (Å²) in [4.78, 5) is 11.6. The number of amides is 1. The zero-order chi connectivity index (χ0) is 12.7. The van der Waals surface area contributed by atoms with Crippen LogP contribution in [0.1, 0.15) is 24.8 Å². The fourth-order valence-electron chi connectivity index (χ4n) is 1.55. The van der Waals surface area contributed by atoms with Crippen LogP contribution in [0.15, 0.2) is 18.2 Å². The third-order valence-corrected chi connectivity index (χ3v) is 2.57. The number of nitrogens with one attached hydrogen (secondary N) is 1. The molecule has 0 saturated carbocycles. The Morgan fingerprint density at radius 3 is 2.76 bits per heavy atom. The molecule has 0 unspecified atom stereocenters. The van der Waals surface area contributed by atoms with Gasteiger partial charge >= 0.3 is 0 Å². The number of carbonyl (C=O) groups is 1. The number of hydrogen-bond donors (Lipinski definition) is 2. The highest BCUT2D eigenvalue weighted by Gasteiger charge is 2.05. The number of methoxy groups -OCH3 is 1. The molecular weight excluding hydrogens is 216 g/mol. The molecule has 94 valence electrons. The maximum atomic E-state index is 11.6. The van der Waals surface area contributed by atoms with Gasteiger partial charge in [-0.25, -0.2) is 0 Å². The monoisotopic (exact) mass is 236 g/mol. The third kappa shape index (κ3) is 4.44. The van der Waals surface area contributed by atoms with Gasteiger partial charge in [0.15, 0.2) is 0 Å². The summed E-state index contributed by atoms with van der Waals surface area (Å²) in [5.41, 5.74) is 7.21. The van der Waals surface area contributed by atoms with E-state index in [1.165, 1.54) is 0 Å². The minimum Gasteiger partial charge on any atom is -0.497 e. The molecule has 1 rings (SSSR count). The maximum absolute atomic E-state index is 11.6. The molecule has 1 amide bonds. The number of nitrogens with two attached hydrogens (primary N) is 1. The van der Waals surface area contributed by atoms with Gasteiger partial charge in [0.05, 0.1) is 7.11 Å². The molecule has 3 N–H and O–H groups in total. The first-order valence-corrected chi connectivity index (χ1v) is 5.82. The van der Waals surface area contributed by atoms with Crippen molar-refractivity contribution in [3.8, 4) is 5.75 Å². The Morgan fingerprint density at radius 2 is 2.18 bits per heavy atom. The van der Waals surface area contributed by atoms with Gasteiger partial charge in [0.1, 0.15) is 5.75 Å². The molecule has 0 bridgehead atoms. The molecule has 0 aliphatic heterocycles. The molecule has 0 radical (unpaired) electrons. The number of aryl methyl sites for hydroxylation is 1. The van der Waals surface area contributed by atoms with Crippen LogP contribution in [0.2, 0.25) is 0 Å². The minimum absolute atomic E-state index is 0.0340. The van der Waals surface area contributed by atoms with Crippen molar-refractivity contribution in [1.82, 2.24) is 0 Å². The van der Waals surface area contributed by atoms with Crippen molar-refractivity contribution in [3.63, 3.8) is 0 Å². The van der Waals surface area contributed by atoms with Gasteiger partial charge in [-0.15, -0.1) is 0 Å². The van der Waals surface area contributed by atoms with Crippen LogP contribution in [0, 0.1) is 6.92 Å². The van der Waals surface area contributed by atoms with Crippen LogP contribution >= 0.6 is 0 Å². The van der Waals surface area contributed by atoms with Gasteiger partial charge in [0.25, 0.3) is 0 Å². The van der Waals surface area contributed by atoms with Crippen molar-refractivity contribution in [2.45, 2.75) is 26.2 Å². The van der Waals surface area contributed by atoms with Gasteiger partial charge in [0, 0.05) is 12.1 Å². The summed E-state index contributed by atoms with van der Waals surface area (Å²) < 4.78 is 5.11. The van der Waals surface area contributed by atoms with Crippen LogP contribution in [0.4, 0.5) is 5.69 Å². The first kappa shape index (κ1) is 13.5. The lowest BCUT2D eigenvalue weighted by atomic mass is 10.1. The highest BCUT2D eigenvalue weighted by Crippen LogP contribution is 2.21. The minimum atomic E-state index is 0.0340. The Bertz CT molecular complexity index is 378. The van der Waals surface area contributed by atoms with E-state index in [-0.39, 0.29) is 5.91 Å². The van der Waals surface area contributed by atoms with Crippen molar-refractivity contribution in [3.05, 3.63) is 23.8 Å². The number of hydrogen-bond acceptors (Lipinski definition) is 3. The van der Waals surface area contributed by atoms with E-state index in [0.29, 0.717) is 13.0 Å². The second-order valence-corrected chi connectivity index (χ2v) is 3.97. The van der Waals surface area contributed by atoms with E-state index in [1.54, 1.807) is 7.11 Å². The molecule has 4 heteroatoms. The summed E-state index contributed by atoms with van der Waals surface area (Å²) in [5.74, 6) is 0.829. The van der Waals surface area contributed by atoms with E-state index in [1.807, 2.05) is 25.1 Å². The maximum Gasteiger partial charge on any atom is 0.224 e. The predicted molar refractivity (Wildman–Crippen MR) is 69.3 cm³/mol. The van der Waals surface area contributed by atoms with Crippen molar-refractivity contribution in [2.75, 3.05) is 19.0 Å². The fourth-order valence-corrected chi connectivity index (χ4v) is 1.55. The van der Waals surface area contributed by atoms with Crippen LogP contribution in [0.5, 0.6) is 5.75 Å². The highest BCUT2D eigenvalue weighted by molar-refractivity contribution is 5.91. The van der Waals surface area contributed by atoms with Crippen molar-refractivity contribution in [1.29, 1.82) is 0 Å². The SMILES string of the molecule is COc1ccc(NC(=O)CCCCN)c(C)c1. The average Bonchev–Trinajstić information content (AvgIpc) is 2.32. The smallest absolute Gasteiger partial charge is 0.224 e. The van der Waals surface area contributed by atoms with Gasteiger partial charge in [-0.3, -0.25) is 4.79 Å². The summed E-state index contributed by atoms with van der Waals surface area (Å²) >= 11 is 0. The molecule has 17 heavy (non-hydrogen) atoms. The third-order valence-electron chi connectivity index (χ3n) is 2.57.